The van der Waals surface area contributed by atoms with E-state index < -0.39 is 67.3 Å². The molecule has 32 heavy (non-hydrogen) atoms. The number of alkyl halides is 1. The number of carbonyl (C=O) groups excluding carboxylic acids is 5. The fourth-order valence-electron chi connectivity index (χ4n) is 2.93. The molecule has 0 bridgehead atoms. The Bertz CT molecular complexity index is 701. The molecule has 1 amide bonds. The molecule has 0 unspecified atom stereocenters. The van der Waals surface area contributed by atoms with Gasteiger partial charge in [0.25, 0.3) is 0 Å². The first kappa shape index (κ1) is 27.4. The van der Waals surface area contributed by atoms with Gasteiger partial charge in [-0.15, -0.1) is 11.6 Å². The largest absolute Gasteiger partial charge is 0.463 e. The second-order valence-corrected chi connectivity index (χ2v) is 7.07. The first-order valence-electron chi connectivity index (χ1n) is 9.82. The number of rotatable bonds is 9. The van der Waals surface area contributed by atoms with Crippen LogP contribution in [0.1, 0.15) is 41.0 Å². The first-order chi connectivity index (χ1) is 15.0. The van der Waals surface area contributed by atoms with Gasteiger partial charge in [-0.05, 0) is 6.42 Å². The number of amides is 1. The predicted molar refractivity (Wildman–Crippen MR) is 106 cm³/mol. The molecule has 12 nitrogen and oxygen atoms in total. The smallest absolute Gasteiger partial charge is 0.413 e. The molecule has 1 rings (SSSR count). The van der Waals surface area contributed by atoms with Crippen LogP contribution in [0, 0.1) is 0 Å². The molecular formula is C19H28ClNO11. The number of nitrogens with zero attached hydrogens (tertiary/aromatic N) is 1. The number of hydrogen-bond donors (Lipinski definition) is 0. The third kappa shape index (κ3) is 8.50. The Kier molecular flexibility index (Phi) is 11.2. The van der Waals surface area contributed by atoms with Crippen molar-refractivity contribution in [1.82, 2.24) is 4.90 Å². The van der Waals surface area contributed by atoms with Gasteiger partial charge in [0.2, 0.25) is 12.4 Å². The van der Waals surface area contributed by atoms with Gasteiger partial charge in [0.1, 0.15) is 12.7 Å². The molecule has 1 aliphatic rings. The third-order valence-corrected chi connectivity index (χ3v) is 4.35. The average Bonchev–Trinajstić information content (AvgIpc) is 2.67. The number of halogens is 1. The monoisotopic (exact) mass is 481 g/mol. The topological polar surface area (TPSA) is 144 Å². The van der Waals surface area contributed by atoms with E-state index in [0.29, 0.717) is 6.42 Å². The summed E-state index contributed by atoms with van der Waals surface area (Å²) in [5.74, 6) is -3.03. The summed E-state index contributed by atoms with van der Waals surface area (Å²) in [7, 11) is 0. The van der Waals surface area contributed by atoms with Gasteiger partial charge < -0.3 is 28.4 Å². The fourth-order valence-corrected chi connectivity index (χ4v) is 3.14. The molecule has 0 aromatic rings. The molecule has 1 heterocycles. The van der Waals surface area contributed by atoms with Crippen molar-refractivity contribution in [3.05, 3.63) is 0 Å². The number of esters is 4. The van der Waals surface area contributed by atoms with Crippen LogP contribution in [0.15, 0.2) is 0 Å². The van der Waals surface area contributed by atoms with E-state index in [1.165, 1.54) is 0 Å². The van der Waals surface area contributed by atoms with Gasteiger partial charge in [-0.3, -0.25) is 24.1 Å². The quantitative estimate of drug-likeness (QED) is 0.202. The Morgan fingerprint density at radius 3 is 1.81 bits per heavy atom. The molecular weight excluding hydrogens is 454 g/mol. The second kappa shape index (κ2) is 13.1. The van der Waals surface area contributed by atoms with E-state index in [1.54, 1.807) is 0 Å². The highest BCUT2D eigenvalue weighted by atomic mass is 35.5. The molecule has 182 valence electrons. The minimum atomic E-state index is -1.59. The van der Waals surface area contributed by atoms with Crippen molar-refractivity contribution >= 4 is 41.6 Å². The van der Waals surface area contributed by atoms with Crippen molar-refractivity contribution < 1.29 is 52.4 Å². The summed E-state index contributed by atoms with van der Waals surface area (Å²) >= 11 is 5.79. The molecule has 1 fully saturated rings. The van der Waals surface area contributed by atoms with Crippen molar-refractivity contribution in [1.29, 1.82) is 0 Å². The Morgan fingerprint density at radius 2 is 1.34 bits per heavy atom. The van der Waals surface area contributed by atoms with Crippen LogP contribution in [-0.2, 0) is 47.6 Å². The summed E-state index contributed by atoms with van der Waals surface area (Å²) < 4.78 is 31.7. The van der Waals surface area contributed by atoms with Crippen LogP contribution < -0.4 is 0 Å². The van der Waals surface area contributed by atoms with Gasteiger partial charge in [0.15, 0.2) is 12.2 Å². The van der Waals surface area contributed by atoms with E-state index in [4.69, 9.17) is 40.0 Å². The normalized spacial score (nSPS) is 24.6. The lowest BCUT2D eigenvalue weighted by Crippen LogP contribution is -2.63. The van der Waals surface area contributed by atoms with Crippen molar-refractivity contribution in [2.75, 3.05) is 19.2 Å². The molecule has 5 atom stereocenters. The molecule has 0 spiro atoms. The van der Waals surface area contributed by atoms with Gasteiger partial charge in [-0.25, -0.2) is 4.79 Å². The maximum absolute atomic E-state index is 12.5. The van der Waals surface area contributed by atoms with Crippen LogP contribution in [0.2, 0.25) is 0 Å². The average molecular weight is 482 g/mol. The van der Waals surface area contributed by atoms with E-state index in [-0.39, 0.29) is 12.5 Å². The van der Waals surface area contributed by atoms with E-state index in [1.807, 2.05) is 6.92 Å². The zero-order chi connectivity index (χ0) is 24.4. The summed E-state index contributed by atoms with van der Waals surface area (Å²) in [5, 5.41) is 0. The summed E-state index contributed by atoms with van der Waals surface area (Å²) in [5.41, 5.74) is 0. The summed E-state index contributed by atoms with van der Waals surface area (Å²) in [6, 6.07) is -0.183. The molecule has 1 saturated heterocycles. The van der Waals surface area contributed by atoms with Gasteiger partial charge >= 0.3 is 30.0 Å². The molecule has 13 heteroatoms. The maximum atomic E-state index is 12.5. The maximum Gasteiger partial charge on any atom is 0.413 e. The van der Waals surface area contributed by atoms with Gasteiger partial charge in [0, 0.05) is 34.2 Å². The highest BCUT2D eigenvalue weighted by Crippen LogP contribution is 2.30. The lowest BCUT2D eigenvalue weighted by atomic mass is 9.98. The molecule has 0 aliphatic carbocycles. The number of carbonyl (C=O) groups is 5. The zero-order valence-corrected chi connectivity index (χ0v) is 19.3. The molecule has 0 radical (unpaired) electrons. The van der Waals surface area contributed by atoms with E-state index in [0.717, 1.165) is 32.6 Å². The SMILES string of the molecule is CCCN(CCl)C(=O)O[C@@H]1O[C@H](COC(C)=O)[C@@H](OC(C)=O)[C@H](OC(C)=O)[C@H]1OC(C)=O. The Morgan fingerprint density at radius 1 is 0.812 bits per heavy atom. The third-order valence-electron chi connectivity index (χ3n) is 4.06. The summed E-state index contributed by atoms with van der Waals surface area (Å²) in [6.07, 6.45) is -7.36. The van der Waals surface area contributed by atoms with Gasteiger partial charge in [-0.1, -0.05) is 6.92 Å². The number of ether oxygens (including phenoxy) is 6. The van der Waals surface area contributed by atoms with Crippen molar-refractivity contribution in [3.63, 3.8) is 0 Å². The summed E-state index contributed by atoms with van der Waals surface area (Å²) in [4.78, 5) is 60.2. The van der Waals surface area contributed by atoms with Gasteiger partial charge in [0.05, 0.1) is 6.00 Å². The molecule has 0 saturated carbocycles. The van der Waals surface area contributed by atoms with E-state index >= 15 is 0 Å². The van der Waals surface area contributed by atoms with Crippen LogP contribution in [-0.4, -0.2) is 84.7 Å². The molecule has 0 aromatic heterocycles. The Balaban J connectivity index is 3.34. The minimum absolute atomic E-state index is 0.183. The van der Waals surface area contributed by atoms with Gasteiger partial charge in [-0.2, -0.15) is 0 Å². The van der Waals surface area contributed by atoms with Crippen molar-refractivity contribution in [2.24, 2.45) is 0 Å². The lowest BCUT2D eigenvalue weighted by molar-refractivity contribution is -0.295. The standard InChI is InChI=1S/C19H28ClNO11/c1-6-7-21(9-20)19(26)32-18-17(30-13(5)25)16(29-12(4)24)15(28-11(3)23)14(31-18)8-27-10(2)22/h14-18H,6-9H2,1-5H3/t14-,15-,16+,17-,18+/m1/s1. The molecule has 1 aliphatic heterocycles. The van der Waals surface area contributed by atoms with Crippen LogP contribution in [0.25, 0.3) is 0 Å². The number of hydrogen-bond acceptors (Lipinski definition) is 11. The van der Waals surface area contributed by atoms with Crippen molar-refractivity contribution in [3.8, 4) is 0 Å². The molecule has 0 N–H and O–H groups in total. The Hall–Kier alpha value is -2.60. The van der Waals surface area contributed by atoms with Crippen molar-refractivity contribution in [2.45, 2.75) is 71.7 Å². The minimum Gasteiger partial charge on any atom is -0.463 e. The Labute approximate surface area is 190 Å². The summed E-state index contributed by atoms with van der Waals surface area (Å²) in [6.45, 7) is 6.08. The molecule has 0 aromatic carbocycles. The van der Waals surface area contributed by atoms with E-state index in [2.05, 4.69) is 0 Å². The highest BCUT2D eigenvalue weighted by Gasteiger charge is 2.54. The highest BCUT2D eigenvalue weighted by molar-refractivity contribution is 6.18. The second-order valence-electron chi connectivity index (χ2n) is 6.83. The van der Waals surface area contributed by atoms with Crippen LogP contribution in [0.4, 0.5) is 4.79 Å². The van der Waals surface area contributed by atoms with Crippen LogP contribution in [0.3, 0.4) is 0 Å². The first-order valence-corrected chi connectivity index (χ1v) is 10.4. The predicted octanol–water partition coefficient (Wildman–Crippen LogP) is 1.11. The lowest BCUT2D eigenvalue weighted by Gasteiger charge is -2.43. The van der Waals surface area contributed by atoms with E-state index in [9.17, 15) is 24.0 Å². The van der Waals surface area contributed by atoms with Crippen LogP contribution >= 0.6 is 11.6 Å². The fraction of sp³-hybridized carbons (Fsp3) is 0.737. The zero-order valence-electron chi connectivity index (χ0n) is 18.5. The van der Waals surface area contributed by atoms with Crippen LogP contribution in [0.5, 0.6) is 0 Å².